The molecule has 4 nitrogen and oxygen atoms in total. The van der Waals surface area contributed by atoms with E-state index in [1.54, 1.807) is 11.3 Å². The van der Waals surface area contributed by atoms with Gasteiger partial charge in [-0.15, -0.1) is 0 Å². The number of nitrogens with one attached hydrogen (secondary N) is 1. The third-order valence-electron chi connectivity index (χ3n) is 3.17. The van der Waals surface area contributed by atoms with E-state index in [1.807, 2.05) is 24.3 Å². The Hall–Kier alpha value is -2.36. The van der Waals surface area contributed by atoms with Crippen LogP contribution >= 0.6 is 0 Å². The van der Waals surface area contributed by atoms with Crippen LogP contribution in [-0.2, 0) is 0 Å². The number of hydrogen-bond acceptors (Lipinski definition) is 2. The minimum absolute atomic E-state index is 0.0449. The first-order valence-corrected chi connectivity index (χ1v) is 5.73. The van der Waals surface area contributed by atoms with Gasteiger partial charge in [-0.3, -0.25) is 14.0 Å². The number of pyridine rings is 1. The van der Waals surface area contributed by atoms with Crippen molar-refractivity contribution in [1.82, 2.24) is 9.38 Å². The standard InChI is InChI=1S/C14H12N2O2/c1-8-7-12(18)16-11-6-4-3-5-10(11)15-14(16)13(8)9(2)17/h3-7,15H,1-2H3. The summed E-state index contributed by atoms with van der Waals surface area (Å²) in [6.07, 6.45) is 0. The zero-order valence-corrected chi connectivity index (χ0v) is 10.2. The van der Waals surface area contributed by atoms with Crippen LogP contribution in [0.1, 0.15) is 22.8 Å². The maximum atomic E-state index is 12.1. The summed E-state index contributed by atoms with van der Waals surface area (Å²) in [4.78, 5) is 27.0. The van der Waals surface area contributed by atoms with Gasteiger partial charge in [0, 0.05) is 6.07 Å². The maximum absolute atomic E-state index is 12.1. The lowest BCUT2D eigenvalue weighted by Crippen LogP contribution is -2.15. The maximum Gasteiger partial charge on any atom is 0.257 e. The van der Waals surface area contributed by atoms with Gasteiger partial charge in [0.2, 0.25) is 0 Å². The van der Waals surface area contributed by atoms with Crippen molar-refractivity contribution >= 4 is 22.5 Å². The summed E-state index contributed by atoms with van der Waals surface area (Å²) in [7, 11) is 0. The lowest BCUT2D eigenvalue weighted by Gasteiger charge is -2.03. The molecule has 2 aromatic heterocycles. The molecule has 3 rings (SSSR count). The van der Waals surface area contributed by atoms with Gasteiger partial charge in [-0.2, -0.15) is 0 Å². The van der Waals surface area contributed by atoms with E-state index in [4.69, 9.17) is 0 Å². The number of imidazole rings is 1. The molecule has 2 heterocycles. The van der Waals surface area contributed by atoms with Gasteiger partial charge in [-0.1, -0.05) is 12.1 Å². The highest BCUT2D eigenvalue weighted by atomic mass is 16.1. The van der Waals surface area contributed by atoms with Crippen LogP contribution in [0.5, 0.6) is 0 Å². The van der Waals surface area contributed by atoms with Gasteiger partial charge in [0.15, 0.2) is 5.78 Å². The van der Waals surface area contributed by atoms with E-state index in [0.717, 1.165) is 11.0 Å². The Balaban J connectivity index is 2.66. The summed E-state index contributed by atoms with van der Waals surface area (Å²) in [5.74, 6) is -0.0449. The first kappa shape index (κ1) is 10.8. The first-order chi connectivity index (χ1) is 8.59. The van der Waals surface area contributed by atoms with Gasteiger partial charge < -0.3 is 4.98 Å². The summed E-state index contributed by atoms with van der Waals surface area (Å²) in [6, 6.07) is 9.02. The van der Waals surface area contributed by atoms with Crippen molar-refractivity contribution in [2.24, 2.45) is 0 Å². The number of benzene rings is 1. The molecule has 0 unspecified atom stereocenters. The van der Waals surface area contributed by atoms with E-state index in [2.05, 4.69) is 4.98 Å². The number of aromatic amines is 1. The molecule has 18 heavy (non-hydrogen) atoms. The predicted molar refractivity (Wildman–Crippen MR) is 70.3 cm³/mol. The SMILES string of the molecule is CC(=O)c1c(C)cc(=O)n2c1[nH]c1ccccc12. The molecule has 0 aliphatic rings. The van der Waals surface area contributed by atoms with Gasteiger partial charge in [0.1, 0.15) is 5.65 Å². The number of carbonyl (C=O) groups excluding carboxylic acids is 1. The molecule has 0 atom stereocenters. The third kappa shape index (κ3) is 1.32. The zero-order valence-electron chi connectivity index (χ0n) is 10.2. The van der Waals surface area contributed by atoms with Crippen molar-refractivity contribution in [3.63, 3.8) is 0 Å². The van der Waals surface area contributed by atoms with Gasteiger partial charge in [0.05, 0.1) is 16.6 Å². The molecular weight excluding hydrogens is 228 g/mol. The van der Waals surface area contributed by atoms with Crippen LogP contribution in [0, 0.1) is 6.92 Å². The summed E-state index contributed by atoms with van der Waals surface area (Å²) < 4.78 is 1.55. The van der Waals surface area contributed by atoms with Crippen molar-refractivity contribution < 1.29 is 4.79 Å². The smallest absolute Gasteiger partial charge is 0.257 e. The number of para-hydroxylation sites is 2. The zero-order chi connectivity index (χ0) is 12.9. The molecule has 1 aromatic carbocycles. The fourth-order valence-electron chi connectivity index (χ4n) is 2.43. The Labute approximate surface area is 103 Å². The average Bonchev–Trinajstić information content (AvgIpc) is 2.66. The molecule has 90 valence electrons. The minimum Gasteiger partial charge on any atom is -0.339 e. The second-order valence-corrected chi connectivity index (χ2v) is 4.42. The Kier molecular flexibility index (Phi) is 2.13. The number of aromatic nitrogens is 2. The predicted octanol–water partition coefficient (Wildman–Crippen LogP) is 2.29. The highest BCUT2D eigenvalue weighted by Crippen LogP contribution is 2.19. The summed E-state index contributed by atoms with van der Waals surface area (Å²) in [5.41, 5.74) is 3.38. The van der Waals surface area contributed by atoms with Crippen LogP contribution < -0.4 is 5.56 Å². The lowest BCUT2D eigenvalue weighted by atomic mass is 10.1. The second kappa shape index (κ2) is 3.57. The number of fused-ring (bicyclic) bond motifs is 3. The highest BCUT2D eigenvalue weighted by Gasteiger charge is 2.15. The van der Waals surface area contributed by atoms with Crippen molar-refractivity contribution in [1.29, 1.82) is 0 Å². The molecular formula is C14H12N2O2. The Bertz CT molecular complexity index is 840. The van der Waals surface area contributed by atoms with Crippen LogP contribution in [0.2, 0.25) is 0 Å². The summed E-state index contributed by atoms with van der Waals surface area (Å²) in [5, 5.41) is 0. The number of aryl methyl sites for hydroxylation is 1. The van der Waals surface area contributed by atoms with E-state index in [0.29, 0.717) is 16.8 Å². The topological polar surface area (TPSA) is 54.3 Å². The Morgan fingerprint density at radius 1 is 1.28 bits per heavy atom. The van der Waals surface area contributed by atoms with E-state index < -0.39 is 0 Å². The van der Waals surface area contributed by atoms with E-state index in [-0.39, 0.29) is 11.3 Å². The fourth-order valence-corrected chi connectivity index (χ4v) is 2.43. The summed E-state index contributed by atoms with van der Waals surface area (Å²) in [6.45, 7) is 3.29. The first-order valence-electron chi connectivity index (χ1n) is 5.73. The Morgan fingerprint density at radius 3 is 2.72 bits per heavy atom. The normalized spacial score (nSPS) is 11.2. The average molecular weight is 240 g/mol. The quantitative estimate of drug-likeness (QED) is 0.663. The van der Waals surface area contributed by atoms with Crippen LogP contribution in [0.3, 0.4) is 0 Å². The number of Topliss-reactive ketones (excluding diaryl/α,β-unsaturated/α-hetero) is 1. The van der Waals surface area contributed by atoms with Crippen LogP contribution in [0.4, 0.5) is 0 Å². The van der Waals surface area contributed by atoms with Crippen LogP contribution in [0.15, 0.2) is 35.1 Å². The molecule has 0 saturated heterocycles. The number of hydrogen-bond donors (Lipinski definition) is 1. The van der Waals surface area contributed by atoms with E-state index in [9.17, 15) is 9.59 Å². The number of rotatable bonds is 1. The van der Waals surface area contributed by atoms with Gasteiger partial charge in [0.25, 0.3) is 5.56 Å². The molecule has 4 heteroatoms. The van der Waals surface area contributed by atoms with Crippen molar-refractivity contribution in [3.8, 4) is 0 Å². The minimum atomic E-state index is -0.120. The molecule has 0 fully saturated rings. The number of ketones is 1. The number of carbonyl (C=O) groups is 1. The molecule has 0 aliphatic carbocycles. The number of H-pyrrole nitrogens is 1. The van der Waals surface area contributed by atoms with Gasteiger partial charge >= 0.3 is 0 Å². The molecule has 0 saturated carbocycles. The van der Waals surface area contributed by atoms with Gasteiger partial charge in [-0.25, -0.2) is 0 Å². The van der Waals surface area contributed by atoms with Crippen molar-refractivity contribution in [3.05, 3.63) is 51.8 Å². The monoisotopic (exact) mass is 240 g/mol. The number of nitrogens with zero attached hydrogens (tertiary/aromatic N) is 1. The molecule has 0 aliphatic heterocycles. The van der Waals surface area contributed by atoms with E-state index in [1.165, 1.54) is 13.0 Å². The molecule has 0 radical (unpaired) electrons. The van der Waals surface area contributed by atoms with Crippen LogP contribution in [0.25, 0.3) is 16.7 Å². The van der Waals surface area contributed by atoms with Crippen molar-refractivity contribution in [2.45, 2.75) is 13.8 Å². The van der Waals surface area contributed by atoms with Crippen molar-refractivity contribution in [2.75, 3.05) is 0 Å². The molecule has 0 spiro atoms. The second-order valence-electron chi connectivity index (χ2n) is 4.42. The molecule has 1 N–H and O–H groups in total. The fraction of sp³-hybridized carbons (Fsp3) is 0.143. The highest BCUT2D eigenvalue weighted by molar-refractivity contribution is 6.02. The third-order valence-corrected chi connectivity index (χ3v) is 3.17. The lowest BCUT2D eigenvalue weighted by molar-refractivity contribution is 0.101. The van der Waals surface area contributed by atoms with Gasteiger partial charge in [-0.05, 0) is 31.5 Å². The molecule has 0 bridgehead atoms. The van der Waals surface area contributed by atoms with E-state index >= 15 is 0 Å². The van der Waals surface area contributed by atoms with Crippen LogP contribution in [-0.4, -0.2) is 15.2 Å². The summed E-state index contributed by atoms with van der Waals surface area (Å²) >= 11 is 0. The molecule has 0 amide bonds. The Morgan fingerprint density at radius 2 is 2.00 bits per heavy atom. The largest absolute Gasteiger partial charge is 0.339 e. The molecule has 3 aromatic rings.